The largest absolute Gasteiger partial charge is 0.356 e. The Hall–Kier alpha value is -0.750. The summed E-state index contributed by atoms with van der Waals surface area (Å²) in [5.41, 5.74) is 0. The maximum Gasteiger partial charge on any atom is 0.230 e. The first-order chi connectivity index (χ1) is 9.22. The van der Waals surface area contributed by atoms with Crippen LogP contribution in [-0.4, -0.2) is 49.0 Å². The lowest BCUT2D eigenvalue weighted by atomic mass is 10.2. The second-order valence-electron chi connectivity index (χ2n) is 4.71. The maximum absolute atomic E-state index is 11.6. The number of amides is 2. The lowest BCUT2D eigenvalue weighted by Crippen LogP contribution is -2.33. The van der Waals surface area contributed by atoms with Crippen LogP contribution in [0.15, 0.2) is 0 Å². The summed E-state index contributed by atoms with van der Waals surface area (Å²) >= 11 is 1.73. The van der Waals surface area contributed by atoms with Gasteiger partial charge in [-0.15, -0.1) is 11.8 Å². The van der Waals surface area contributed by atoms with E-state index in [0.29, 0.717) is 30.5 Å². The van der Waals surface area contributed by atoms with E-state index in [0.717, 1.165) is 32.4 Å². The first kappa shape index (κ1) is 16.3. The quantitative estimate of drug-likeness (QED) is 0.608. The Labute approximate surface area is 119 Å². The predicted octanol–water partition coefficient (Wildman–Crippen LogP) is 0.504. The van der Waals surface area contributed by atoms with Crippen molar-refractivity contribution >= 4 is 23.6 Å². The zero-order valence-electron chi connectivity index (χ0n) is 11.7. The monoisotopic (exact) mass is 287 g/mol. The molecule has 6 heteroatoms. The van der Waals surface area contributed by atoms with Crippen molar-refractivity contribution in [2.45, 2.75) is 37.9 Å². The van der Waals surface area contributed by atoms with E-state index >= 15 is 0 Å². The van der Waals surface area contributed by atoms with Crippen LogP contribution in [0.3, 0.4) is 0 Å². The highest BCUT2D eigenvalue weighted by molar-refractivity contribution is 8.00. The number of hydrogen-bond donors (Lipinski definition) is 3. The number of nitrogens with one attached hydrogen (secondary N) is 3. The van der Waals surface area contributed by atoms with Crippen LogP contribution in [0.1, 0.15) is 32.6 Å². The van der Waals surface area contributed by atoms with E-state index in [2.05, 4.69) is 16.0 Å². The molecule has 0 unspecified atom stereocenters. The van der Waals surface area contributed by atoms with Gasteiger partial charge in [-0.1, -0.05) is 6.92 Å². The lowest BCUT2D eigenvalue weighted by molar-refractivity contribution is -0.121. The van der Waals surface area contributed by atoms with Crippen LogP contribution in [0.4, 0.5) is 0 Å². The Morgan fingerprint density at radius 2 is 1.84 bits per heavy atom. The van der Waals surface area contributed by atoms with E-state index < -0.39 is 0 Å². The van der Waals surface area contributed by atoms with Crippen LogP contribution < -0.4 is 16.0 Å². The van der Waals surface area contributed by atoms with Crippen LogP contribution in [0, 0.1) is 0 Å². The summed E-state index contributed by atoms with van der Waals surface area (Å²) in [6.45, 7) is 5.26. The highest BCUT2D eigenvalue weighted by Crippen LogP contribution is 2.19. The van der Waals surface area contributed by atoms with Gasteiger partial charge in [0.1, 0.15) is 0 Å². The number of hydrogen-bond acceptors (Lipinski definition) is 4. The summed E-state index contributed by atoms with van der Waals surface area (Å²) in [5, 5.41) is 9.49. The van der Waals surface area contributed by atoms with Crippen LogP contribution in [-0.2, 0) is 9.59 Å². The smallest absolute Gasteiger partial charge is 0.230 e. The van der Waals surface area contributed by atoms with Crippen LogP contribution in [0.25, 0.3) is 0 Å². The average molecular weight is 287 g/mol. The standard InChI is InChI=1S/C13H25N3O2S/c1-2-6-15-12(17)5-9-16-13(18)10-19-11-3-7-14-8-4-11/h11,14H,2-10H2,1H3,(H,15,17)(H,16,18). The van der Waals surface area contributed by atoms with E-state index in [1.54, 1.807) is 11.8 Å². The minimum atomic E-state index is 0.00755. The summed E-state index contributed by atoms with van der Waals surface area (Å²) in [6.07, 6.45) is 3.57. The minimum Gasteiger partial charge on any atom is -0.356 e. The molecule has 1 fully saturated rings. The molecule has 5 nitrogen and oxygen atoms in total. The topological polar surface area (TPSA) is 70.2 Å². The molecule has 3 N–H and O–H groups in total. The van der Waals surface area contributed by atoms with E-state index in [9.17, 15) is 9.59 Å². The van der Waals surface area contributed by atoms with E-state index in [1.807, 2.05) is 6.92 Å². The van der Waals surface area contributed by atoms with Crippen molar-refractivity contribution in [2.75, 3.05) is 31.9 Å². The molecule has 0 aromatic carbocycles. The average Bonchev–Trinajstić information content (AvgIpc) is 2.44. The van der Waals surface area contributed by atoms with Crippen LogP contribution in [0.2, 0.25) is 0 Å². The number of rotatable bonds is 8. The fourth-order valence-electron chi connectivity index (χ4n) is 1.87. The second-order valence-corrected chi connectivity index (χ2v) is 6.00. The predicted molar refractivity (Wildman–Crippen MR) is 79.3 cm³/mol. The van der Waals surface area contributed by atoms with Gasteiger partial charge < -0.3 is 16.0 Å². The van der Waals surface area contributed by atoms with E-state index in [4.69, 9.17) is 0 Å². The second kappa shape index (κ2) is 10.1. The van der Waals surface area contributed by atoms with Crippen LogP contribution >= 0.6 is 11.8 Å². The summed E-state index contributed by atoms with van der Waals surface area (Å²) in [5.74, 6) is 0.543. The van der Waals surface area contributed by atoms with Gasteiger partial charge >= 0.3 is 0 Å². The Balaban J connectivity index is 1.99. The van der Waals surface area contributed by atoms with Crippen LogP contribution in [0.5, 0.6) is 0 Å². The highest BCUT2D eigenvalue weighted by atomic mass is 32.2. The number of piperidine rings is 1. The first-order valence-electron chi connectivity index (χ1n) is 7.08. The molecular weight excluding hydrogens is 262 g/mol. The Bertz CT molecular complexity index is 281. The van der Waals surface area contributed by atoms with Gasteiger partial charge in [0.15, 0.2) is 0 Å². The number of carbonyl (C=O) groups excluding carboxylic acids is 2. The molecule has 19 heavy (non-hydrogen) atoms. The molecule has 0 atom stereocenters. The van der Waals surface area contributed by atoms with Crippen molar-refractivity contribution in [1.82, 2.24) is 16.0 Å². The molecule has 0 bridgehead atoms. The third kappa shape index (κ3) is 8.10. The molecule has 110 valence electrons. The molecule has 0 radical (unpaired) electrons. The number of carbonyl (C=O) groups is 2. The molecule has 1 aliphatic heterocycles. The third-order valence-electron chi connectivity index (χ3n) is 2.98. The fourth-order valence-corrected chi connectivity index (χ4v) is 2.93. The Kier molecular flexibility index (Phi) is 8.66. The van der Waals surface area contributed by atoms with Gasteiger partial charge in [-0.2, -0.15) is 0 Å². The molecule has 0 saturated carbocycles. The zero-order chi connectivity index (χ0) is 13.9. The number of thioether (sulfide) groups is 1. The first-order valence-corrected chi connectivity index (χ1v) is 8.13. The summed E-state index contributed by atoms with van der Waals surface area (Å²) in [6, 6.07) is 0. The van der Waals surface area contributed by atoms with Crippen molar-refractivity contribution in [3.05, 3.63) is 0 Å². The van der Waals surface area contributed by atoms with Gasteiger partial charge in [0.05, 0.1) is 5.75 Å². The summed E-state index contributed by atoms with van der Waals surface area (Å²) in [7, 11) is 0. The summed E-state index contributed by atoms with van der Waals surface area (Å²) < 4.78 is 0. The third-order valence-corrected chi connectivity index (χ3v) is 4.35. The Morgan fingerprint density at radius 3 is 2.53 bits per heavy atom. The normalized spacial score (nSPS) is 16.1. The van der Waals surface area contributed by atoms with Gasteiger partial charge in [-0.25, -0.2) is 0 Å². The van der Waals surface area contributed by atoms with Gasteiger partial charge in [0.25, 0.3) is 0 Å². The van der Waals surface area contributed by atoms with Crippen molar-refractivity contribution in [3.63, 3.8) is 0 Å². The van der Waals surface area contributed by atoms with Crippen molar-refractivity contribution in [2.24, 2.45) is 0 Å². The minimum absolute atomic E-state index is 0.00755. The van der Waals surface area contributed by atoms with Crippen molar-refractivity contribution in [1.29, 1.82) is 0 Å². The molecule has 2 amide bonds. The van der Waals surface area contributed by atoms with E-state index in [-0.39, 0.29) is 11.8 Å². The molecule has 1 saturated heterocycles. The Morgan fingerprint density at radius 1 is 1.16 bits per heavy atom. The van der Waals surface area contributed by atoms with Crippen molar-refractivity contribution in [3.8, 4) is 0 Å². The summed E-state index contributed by atoms with van der Waals surface area (Å²) in [4.78, 5) is 22.9. The molecular formula is C13H25N3O2S. The molecule has 1 aliphatic rings. The van der Waals surface area contributed by atoms with Gasteiger partial charge in [-0.05, 0) is 32.4 Å². The van der Waals surface area contributed by atoms with Crippen molar-refractivity contribution < 1.29 is 9.59 Å². The zero-order valence-corrected chi connectivity index (χ0v) is 12.5. The van der Waals surface area contributed by atoms with Gasteiger partial charge in [0.2, 0.25) is 11.8 Å². The molecule has 0 aliphatic carbocycles. The lowest BCUT2D eigenvalue weighted by Gasteiger charge is -2.21. The molecule has 0 aromatic heterocycles. The van der Waals surface area contributed by atoms with E-state index in [1.165, 1.54) is 0 Å². The highest BCUT2D eigenvalue weighted by Gasteiger charge is 2.14. The maximum atomic E-state index is 11.6. The van der Waals surface area contributed by atoms with Gasteiger partial charge in [0, 0.05) is 24.8 Å². The molecule has 0 aromatic rings. The molecule has 1 rings (SSSR count). The SMILES string of the molecule is CCCNC(=O)CCNC(=O)CSC1CCNCC1. The fraction of sp³-hybridized carbons (Fsp3) is 0.846. The van der Waals surface area contributed by atoms with Gasteiger partial charge in [-0.3, -0.25) is 9.59 Å². The molecule has 1 heterocycles. The molecule has 0 spiro atoms.